The molecule has 19 heteroatoms. The molecule has 2 aliphatic rings. The van der Waals surface area contributed by atoms with Gasteiger partial charge in [-0.3, -0.25) is 24.4 Å². The first-order valence-corrected chi connectivity index (χ1v) is 20.2. The molecule has 8 rings (SSSR count). The second-order valence-corrected chi connectivity index (χ2v) is 14.9. The van der Waals surface area contributed by atoms with Crippen LogP contribution < -0.4 is 41.8 Å². The van der Waals surface area contributed by atoms with Gasteiger partial charge in [0.1, 0.15) is 34.4 Å². The lowest BCUT2D eigenvalue weighted by atomic mass is 10.1. The first-order valence-electron chi connectivity index (χ1n) is 19.9. The second-order valence-electron chi connectivity index (χ2n) is 14.5. The molecular formula is C46H38ClF3N8O7. The Morgan fingerprint density at radius 2 is 1.20 bits per heavy atom. The van der Waals surface area contributed by atoms with Gasteiger partial charge in [-0.05, 0) is 115 Å². The average Bonchev–Trinajstić information content (AvgIpc) is 3.90. The van der Waals surface area contributed by atoms with Crippen molar-refractivity contribution in [1.29, 1.82) is 0 Å². The quantitative estimate of drug-likeness (QED) is 0.0770. The topological polar surface area (TPSA) is 216 Å². The summed E-state index contributed by atoms with van der Waals surface area (Å²) in [7, 11) is 1.42. The number of aromatic nitrogens is 2. The van der Waals surface area contributed by atoms with E-state index in [1.54, 1.807) is 36.4 Å². The van der Waals surface area contributed by atoms with Crippen LogP contribution >= 0.6 is 11.6 Å². The first-order chi connectivity index (χ1) is 31.1. The molecule has 15 nitrogen and oxygen atoms in total. The number of rotatable bonds is 10. The molecular weight excluding hydrogens is 869 g/mol. The minimum Gasteiger partial charge on any atom is -0.457 e. The van der Waals surface area contributed by atoms with Gasteiger partial charge in [-0.2, -0.15) is 13.2 Å². The van der Waals surface area contributed by atoms with Gasteiger partial charge in [0.05, 0.1) is 22.0 Å². The Balaban J connectivity index is 0.000000196. The number of hydrogen-bond acceptors (Lipinski definition) is 9. The number of hydrogen-bond donors (Lipinski definition) is 6. The van der Waals surface area contributed by atoms with Gasteiger partial charge >= 0.3 is 18.2 Å². The number of primary amides is 1. The van der Waals surface area contributed by atoms with Crippen molar-refractivity contribution in [3.63, 3.8) is 0 Å². The fraction of sp³-hybridized carbons (Fsp3) is 0.152. The molecule has 332 valence electrons. The molecule has 2 heterocycles. The predicted octanol–water partition coefficient (Wildman–Crippen LogP) is 9.78. The van der Waals surface area contributed by atoms with Gasteiger partial charge in [0.25, 0.3) is 11.8 Å². The summed E-state index contributed by atoms with van der Waals surface area (Å²) >= 11 is 6.29. The Kier molecular flexibility index (Phi) is 13.6. The van der Waals surface area contributed by atoms with Gasteiger partial charge in [0, 0.05) is 61.0 Å². The van der Waals surface area contributed by atoms with Crippen LogP contribution in [0.2, 0.25) is 5.02 Å². The molecule has 0 spiro atoms. The van der Waals surface area contributed by atoms with E-state index in [9.17, 15) is 37.1 Å². The summed E-state index contributed by atoms with van der Waals surface area (Å²) in [5, 5.41) is 13.0. The van der Waals surface area contributed by atoms with Gasteiger partial charge in [-0.1, -0.05) is 17.7 Å². The standard InChI is InChI=1S/C24H19F3N4O4.C22H19ClN4O3/c1-28-22(33)20-12-16(8-9-29-20)35-15-4-6-19(18(11-15)24(25,26)27)31-23(34)30-14-3-5-17-13(10-14)2-7-21(17)32;23-18-11-16(30-17-8-9-25-20(12-17)21(24)28)6-7-19(18)27-22(29)26-15-5-4-13-2-1-3-14(13)10-15/h3-6,8-12H,2,7H2,1H3,(H,28,33)(H2,30,31,34);4-12H,1-3H2,(H2,24,28)(H2,26,27,29). The molecule has 6 amide bonds. The van der Waals surface area contributed by atoms with Gasteiger partial charge in [-0.15, -0.1) is 0 Å². The van der Waals surface area contributed by atoms with Crippen molar-refractivity contribution in [2.75, 3.05) is 28.3 Å². The SMILES string of the molecule is CNC(=O)c1cc(Oc2ccc(NC(=O)Nc3ccc4c(c3)CCC4=O)c(C(F)(F)F)c2)ccn1.NC(=O)c1cc(Oc2ccc(NC(=O)Nc3ccc4c(c3)CCC4)c(Cl)c2)ccn1. The Labute approximate surface area is 373 Å². The van der Waals surface area contributed by atoms with Crippen LogP contribution in [0, 0.1) is 0 Å². The summed E-state index contributed by atoms with van der Waals surface area (Å²) in [6.45, 7) is 0. The monoisotopic (exact) mass is 906 g/mol. The minimum absolute atomic E-state index is 0.0183. The number of fused-ring (bicyclic) bond motifs is 2. The van der Waals surface area contributed by atoms with Gasteiger partial charge in [0.15, 0.2) is 5.78 Å². The van der Waals surface area contributed by atoms with E-state index in [0.29, 0.717) is 46.3 Å². The maximum absolute atomic E-state index is 13.7. The van der Waals surface area contributed by atoms with Crippen molar-refractivity contribution in [1.82, 2.24) is 15.3 Å². The number of nitrogens with two attached hydrogens (primary N) is 1. The number of carbonyl (C=O) groups is 5. The highest BCUT2D eigenvalue weighted by Crippen LogP contribution is 2.39. The molecule has 6 aromatic rings. The Bertz CT molecular complexity index is 2840. The van der Waals surface area contributed by atoms with Crippen LogP contribution in [0.25, 0.3) is 0 Å². The van der Waals surface area contributed by atoms with E-state index in [1.807, 2.05) is 12.1 Å². The Morgan fingerprint density at radius 3 is 1.85 bits per heavy atom. The van der Waals surface area contributed by atoms with Gasteiger partial charge in [0.2, 0.25) is 0 Å². The number of nitrogens with one attached hydrogen (secondary N) is 5. The Hall–Kier alpha value is -7.99. The smallest absolute Gasteiger partial charge is 0.418 e. The van der Waals surface area contributed by atoms with E-state index >= 15 is 0 Å². The molecule has 2 aromatic heterocycles. The third kappa shape index (κ3) is 11.5. The third-order valence-corrected chi connectivity index (χ3v) is 10.3. The number of benzene rings is 4. The summed E-state index contributed by atoms with van der Waals surface area (Å²) < 4.78 is 52.3. The second kappa shape index (κ2) is 19.6. The number of Topliss-reactive ketones (excluding diaryl/α,β-unsaturated/α-hetero) is 1. The molecule has 2 aliphatic carbocycles. The number of anilines is 4. The van der Waals surface area contributed by atoms with E-state index in [1.165, 1.54) is 60.9 Å². The van der Waals surface area contributed by atoms with Gasteiger partial charge < -0.3 is 41.8 Å². The number of aryl methyl sites for hydroxylation is 3. The number of carbonyl (C=O) groups excluding carboxylic acids is 5. The van der Waals surface area contributed by atoms with Crippen LogP contribution in [-0.4, -0.2) is 46.7 Å². The highest BCUT2D eigenvalue weighted by Gasteiger charge is 2.35. The summed E-state index contributed by atoms with van der Waals surface area (Å²) in [6, 6.07) is 23.1. The highest BCUT2D eigenvalue weighted by molar-refractivity contribution is 6.34. The van der Waals surface area contributed by atoms with E-state index in [2.05, 4.69) is 42.6 Å². The Morgan fingerprint density at radius 1 is 0.631 bits per heavy atom. The zero-order chi connectivity index (χ0) is 46.3. The zero-order valence-corrected chi connectivity index (χ0v) is 35.0. The lowest BCUT2D eigenvalue weighted by Gasteiger charge is -2.16. The fourth-order valence-electron chi connectivity index (χ4n) is 6.95. The molecule has 65 heavy (non-hydrogen) atoms. The van der Waals surface area contributed by atoms with E-state index in [0.717, 1.165) is 42.6 Å². The fourth-order valence-corrected chi connectivity index (χ4v) is 7.17. The molecule has 0 saturated carbocycles. The molecule has 0 saturated heterocycles. The summed E-state index contributed by atoms with van der Waals surface area (Å²) in [4.78, 5) is 67.2. The van der Waals surface area contributed by atoms with E-state index in [-0.39, 0.29) is 34.7 Å². The molecule has 0 atom stereocenters. The number of amides is 6. The molecule has 0 aliphatic heterocycles. The van der Waals surface area contributed by atoms with Crippen molar-refractivity contribution in [3.05, 3.63) is 154 Å². The van der Waals surface area contributed by atoms with Crippen molar-refractivity contribution in [3.8, 4) is 23.0 Å². The maximum Gasteiger partial charge on any atom is 0.418 e. The zero-order valence-electron chi connectivity index (χ0n) is 34.3. The van der Waals surface area contributed by atoms with Crippen molar-refractivity contribution in [2.24, 2.45) is 5.73 Å². The number of ketones is 1. The van der Waals surface area contributed by atoms with Crippen molar-refractivity contribution in [2.45, 2.75) is 38.3 Å². The third-order valence-electron chi connectivity index (χ3n) is 10.0. The number of ether oxygens (including phenoxy) is 2. The number of halogens is 4. The van der Waals surface area contributed by atoms with Gasteiger partial charge in [-0.25, -0.2) is 9.59 Å². The molecule has 4 aromatic carbocycles. The largest absolute Gasteiger partial charge is 0.457 e. The minimum atomic E-state index is -4.79. The molecule has 0 bridgehead atoms. The van der Waals surface area contributed by atoms with Crippen molar-refractivity contribution >= 4 is 64.0 Å². The average molecular weight is 907 g/mol. The van der Waals surface area contributed by atoms with Crippen LogP contribution in [0.15, 0.2) is 109 Å². The van der Waals surface area contributed by atoms with Crippen LogP contribution in [0.5, 0.6) is 23.0 Å². The normalized spacial score (nSPS) is 12.4. The lowest BCUT2D eigenvalue weighted by molar-refractivity contribution is -0.137. The maximum atomic E-state index is 13.7. The number of urea groups is 2. The van der Waals surface area contributed by atoms with Crippen LogP contribution in [0.4, 0.5) is 45.5 Å². The number of nitrogens with zero attached hydrogens (tertiary/aromatic N) is 2. The lowest BCUT2D eigenvalue weighted by Crippen LogP contribution is -2.22. The van der Waals surface area contributed by atoms with E-state index in [4.69, 9.17) is 26.8 Å². The highest BCUT2D eigenvalue weighted by atomic mass is 35.5. The van der Waals surface area contributed by atoms with Crippen molar-refractivity contribution < 1.29 is 46.6 Å². The summed E-state index contributed by atoms with van der Waals surface area (Å²) in [6.07, 6.45) is 2.15. The van der Waals surface area contributed by atoms with Crippen LogP contribution in [0.3, 0.4) is 0 Å². The predicted molar refractivity (Wildman–Crippen MR) is 236 cm³/mol. The summed E-state index contributed by atoms with van der Waals surface area (Å²) in [5.41, 5.74) is 9.29. The van der Waals surface area contributed by atoms with Crippen LogP contribution in [0.1, 0.15) is 66.4 Å². The number of alkyl halides is 3. The molecule has 0 fully saturated rings. The van der Waals surface area contributed by atoms with E-state index < -0.39 is 35.3 Å². The first kappa shape index (κ1) is 45.0. The van der Waals surface area contributed by atoms with Crippen LogP contribution in [-0.2, 0) is 25.4 Å². The molecule has 7 N–H and O–H groups in total. The summed E-state index contributed by atoms with van der Waals surface area (Å²) in [5.74, 6) is -0.318. The molecule has 0 unspecified atom stereocenters. The number of pyridine rings is 2. The molecule has 0 radical (unpaired) electrons.